The maximum Gasteiger partial charge on any atom is 0.265 e. The van der Waals surface area contributed by atoms with E-state index in [9.17, 15) is 22.3 Å². The Morgan fingerprint density at radius 2 is 1.59 bits per heavy atom. The lowest BCUT2D eigenvalue weighted by Gasteiger charge is -2.23. The van der Waals surface area contributed by atoms with Gasteiger partial charge in [-0.05, 0) is 59.0 Å². The fourth-order valence-electron chi connectivity index (χ4n) is 3.14. The largest absolute Gasteiger partial charge is 0.506 e. The van der Waals surface area contributed by atoms with E-state index in [0.717, 1.165) is 18.2 Å². The fourth-order valence-corrected chi connectivity index (χ4v) is 4.65. The van der Waals surface area contributed by atoms with Crippen molar-refractivity contribution in [3.63, 3.8) is 0 Å². The van der Waals surface area contributed by atoms with Crippen molar-refractivity contribution in [3.05, 3.63) is 76.3 Å². The van der Waals surface area contributed by atoms with E-state index in [0.29, 0.717) is 6.07 Å². The number of rotatable bonds is 4. The quantitative estimate of drug-likeness (QED) is 0.486. The van der Waals surface area contributed by atoms with Gasteiger partial charge in [0.2, 0.25) is 0 Å². The minimum atomic E-state index is -4.37. The summed E-state index contributed by atoms with van der Waals surface area (Å²) in [5.41, 5.74) is 0.141. The minimum Gasteiger partial charge on any atom is -0.506 e. The van der Waals surface area contributed by atoms with E-state index < -0.39 is 37.7 Å². The lowest BCUT2D eigenvalue weighted by Crippen LogP contribution is -2.17. The molecule has 0 aliphatic heterocycles. The van der Waals surface area contributed by atoms with Crippen LogP contribution in [0.25, 0.3) is 11.1 Å². The highest BCUT2D eigenvalue weighted by Crippen LogP contribution is 2.40. The highest BCUT2D eigenvalue weighted by molar-refractivity contribution is 7.92. The van der Waals surface area contributed by atoms with Crippen molar-refractivity contribution in [1.82, 2.24) is 0 Å². The number of hydrogen-bond acceptors (Lipinski definition) is 4. The number of phenolic OH excluding ortho intramolecular Hbond substituents is 1. The average Bonchev–Trinajstić information content (AvgIpc) is 2.67. The minimum absolute atomic E-state index is 0.00424. The molecule has 0 aliphatic carbocycles. The van der Waals surface area contributed by atoms with Crippen LogP contribution < -0.4 is 4.72 Å². The van der Waals surface area contributed by atoms with E-state index in [-0.39, 0.29) is 33.0 Å². The SMILES string of the molecule is CC(C)(C)c1cc(-c2cc(F)cc(F)c2)cc(S(=O)(=O)Nc2ccc(C#N)cc2Cl)c1O. The molecule has 0 aromatic heterocycles. The van der Waals surface area contributed by atoms with E-state index in [4.69, 9.17) is 16.9 Å². The first-order valence-corrected chi connectivity index (χ1v) is 11.2. The summed E-state index contributed by atoms with van der Waals surface area (Å²) in [5.74, 6) is -2.13. The van der Waals surface area contributed by atoms with E-state index in [1.165, 1.54) is 24.3 Å². The summed E-state index contributed by atoms with van der Waals surface area (Å²) < 4.78 is 56.3. The number of nitrogens with one attached hydrogen (secondary N) is 1. The first-order chi connectivity index (χ1) is 14.8. The van der Waals surface area contributed by atoms with Crippen LogP contribution in [0.4, 0.5) is 14.5 Å². The van der Waals surface area contributed by atoms with Crippen LogP contribution in [0, 0.1) is 23.0 Å². The molecule has 0 saturated heterocycles. The Morgan fingerprint density at radius 1 is 1.00 bits per heavy atom. The zero-order valence-corrected chi connectivity index (χ0v) is 18.9. The number of nitriles is 1. The highest BCUT2D eigenvalue weighted by Gasteiger charge is 2.28. The summed E-state index contributed by atoms with van der Waals surface area (Å²) in [6.07, 6.45) is 0. The number of benzene rings is 3. The number of nitrogens with zero attached hydrogens (tertiary/aromatic N) is 1. The maximum absolute atomic E-state index is 13.8. The third-order valence-corrected chi connectivity index (χ3v) is 6.40. The van der Waals surface area contributed by atoms with Gasteiger partial charge in [-0.1, -0.05) is 32.4 Å². The Bertz CT molecular complexity index is 1340. The fraction of sp³-hybridized carbons (Fsp3) is 0.174. The van der Waals surface area contributed by atoms with Gasteiger partial charge in [0, 0.05) is 11.6 Å². The monoisotopic (exact) mass is 476 g/mol. The second-order valence-corrected chi connectivity index (χ2v) is 10.2. The lowest BCUT2D eigenvalue weighted by atomic mass is 9.84. The smallest absolute Gasteiger partial charge is 0.265 e. The third-order valence-electron chi connectivity index (χ3n) is 4.71. The summed E-state index contributed by atoms with van der Waals surface area (Å²) in [6, 6.07) is 11.4. The molecule has 166 valence electrons. The maximum atomic E-state index is 13.8. The van der Waals surface area contributed by atoms with Crippen molar-refractivity contribution in [2.45, 2.75) is 31.1 Å². The first-order valence-electron chi connectivity index (χ1n) is 9.38. The Hall–Kier alpha value is -3.15. The van der Waals surface area contributed by atoms with Gasteiger partial charge in [-0.15, -0.1) is 0 Å². The number of phenols is 1. The molecule has 0 aliphatic rings. The number of anilines is 1. The van der Waals surface area contributed by atoms with Crippen LogP contribution in [0.15, 0.2) is 53.4 Å². The summed E-state index contributed by atoms with van der Waals surface area (Å²) in [4.78, 5) is -0.481. The van der Waals surface area contributed by atoms with E-state index >= 15 is 0 Å². The lowest BCUT2D eigenvalue weighted by molar-refractivity contribution is 0.432. The van der Waals surface area contributed by atoms with Crippen molar-refractivity contribution < 1.29 is 22.3 Å². The second kappa shape index (κ2) is 8.41. The molecule has 0 radical (unpaired) electrons. The Labute approximate surface area is 190 Å². The molecule has 9 heteroatoms. The molecule has 0 spiro atoms. The number of hydrogen-bond donors (Lipinski definition) is 2. The van der Waals surface area contributed by atoms with Crippen molar-refractivity contribution >= 4 is 27.3 Å². The van der Waals surface area contributed by atoms with Crippen LogP contribution in [-0.2, 0) is 15.4 Å². The third kappa shape index (κ3) is 4.85. The molecule has 0 heterocycles. The number of aromatic hydroxyl groups is 1. The molecule has 0 amide bonds. The highest BCUT2D eigenvalue weighted by atomic mass is 35.5. The summed E-state index contributed by atoms with van der Waals surface area (Å²) in [6.45, 7) is 5.29. The van der Waals surface area contributed by atoms with Gasteiger partial charge in [0.25, 0.3) is 10.0 Å². The van der Waals surface area contributed by atoms with Crippen LogP contribution in [0.5, 0.6) is 5.75 Å². The summed E-state index contributed by atoms with van der Waals surface area (Å²) in [7, 11) is -4.37. The average molecular weight is 477 g/mol. The Morgan fingerprint density at radius 3 is 2.12 bits per heavy atom. The summed E-state index contributed by atoms with van der Waals surface area (Å²) >= 11 is 6.08. The van der Waals surface area contributed by atoms with Crippen LogP contribution in [0.2, 0.25) is 5.02 Å². The molecule has 3 rings (SSSR count). The molecule has 32 heavy (non-hydrogen) atoms. The van der Waals surface area contributed by atoms with Gasteiger partial charge in [-0.2, -0.15) is 5.26 Å². The Balaban J connectivity index is 2.21. The van der Waals surface area contributed by atoms with Gasteiger partial charge in [0.1, 0.15) is 22.3 Å². The van der Waals surface area contributed by atoms with Gasteiger partial charge in [-0.25, -0.2) is 17.2 Å². The molecule has 5 nitrogen and oxygen atoms in total. The molecule has 2 N–H and O–H groups in total. The number of halogens is 3. The zero-order chi connectivity index (χ0) is 23.8. The van der Waals surface area contributed by atoms with Gasteiger partial charge < -0.3 is 5.11 Å². The van der Waals surface area contributed by atoms with Crippen molar-refractivity contribution in [2.75, 3.05) is 4.72 Å². The van der Waals surface area contributed by atoms with Crippen LogP contribution in [-0.4, -0.2) is 13.5 Å². The zero-order valence-electron chi connectivity index (χ0n) is 17.4. The van der Waals surface area contributed by atoms with Gasteiger partial charge in [0.05, 0.1) is 22.3 Å². The molecule has 0 fully saturated rings. The van der Waals surface area contributed by atoms with E-state index in [1.54, 1.807) is 20.8 Å². The normalized spacial score (nSPS) is 11.8. The topological polar surface area (TPSA) is 90.2 Å². The predicted molar refractivity (Wildman–Crippen MR) is 119 cm³/mol. The second-order valence-electron chi connectivity index (χ2n) is 8.19. The first kappa shape index (κ1) is 23.5. The molecule has 0 unspecified atom stereocenters. The molecule has 0 bridgehead atoms. The molecule has 0 atom stereocenters. The van der Waals surface area contributed by atoms with E-state index in [1.807, 2.05) is 6.07 Å². The van der Waals surface area contributed by atoms with E-state index in [2.05, 4.69) is 4.72 Å². The molecule has 3 aromatic carbocycles. The van der Waals surface area contributed by atoms with Crippen LogP contribution in [0.3, 0.4) is 0 Å². The van der Waals surface area contributed by atoms with Crippen LogP contribution in [0.1, 0.15) is 31.9 Å². The molecular weight excluding hydrogens is 458 g/mol. The van der Waals surface area contributed by atoms with Crippen molar-refractivity contribution in [3.8, 4) is 22.9 Å². The summed E-state index contributed by atoms with van der Waals surface area (Å²) in [5, 5.41) is 19.8. The van der Waals surface area contributed by atoms with Gasteiger partial charge in [0.15, 0.2) is 0 Å². The van der Waals surface area contributed by atoms with Crippen molar-refractivity contribution in [2.24, 2.45) is 0 Å². The predicted octanol–water partition coefficient (Wildman–Crippen LogP) is 5.96. The van der Waals surface area contributed by atoms with Crippen molar-refractivity contribution in [1.29, 1.82) is 5.26 Å². The molecule has 3 aromatic rings. The molecule has 0 saturated carbocycles. The van der Waals surface area contributed by atoms with Gasteiger partial charge in [-0.3, -0.25) is 4.72 Å². The number of sulfonamides is 1. The Kier molecular flexibility index (Phi) is 6.18. The van der Waals surface area contributed by atoms with Crippen LogP contribution >= 0.6 is 11.6 Å². The van der Waals surface area contributed by atoms with Gasteiger partial charge >= 0.3 is 0 Å². The molecular formula is C23H19ClF2N2O3S. The standard InChI is InChI=1S/C23H19ClF2N2O3S/c1-23(2,3)18-9-15(14-7-16(25)11-17(26)8-14)10-21(22(18)29)32(30,31)28-20-5-4-13(12-27)6-19(20)24/h4-11,28-29H,1-3H3.